The lowest BCUT2D eigenvalue weighted by Crippen LogP contribution is -2.43. The number of rotatable bonds is 10. The van der Waals surface area contributed by atoms with Crippen LogP contribution in [0.5, 0.6) is 5.75 Å². The van der Waals surface area contributed by atoms with E-state index in [0.717, 1.165) is 35.4 Å². The Labute approximate surface area is 236 Å². The molecular weight excluding hydrogens is 500 g/mol. The minimum Gasteiger partial charge on any atom is -0.493 e. The van der Waals surface area contributed by atoms with E-state index in [9.17, 15) is 14.9 Å². The summed E-state index contributed by atoms with van der Waals surface area (Å²) in [5.74, 6) is 0.297. The normalized spacial score (nSPS) is 14.8. The second-order valence-electron chi connectivity index (χ2n) is 10.5. The third kappa shape index (κ3) is 6.07. The average molecular weight is 537 g/mol. The summed E-state index contributed by atoms with van der Waals surface area (Å²) in [6.45, 7) is 10.9. The van der Waals surface area contributed by atoms with Gasteiger partial charge < -0.3 is 4.74 Å². The van der Waals surface area contributed by atoms with Crippen molar-refractivity contribution in [2.75, 3.05) is 13.2 Å². The minimum absolute atomic E-state index is 0.00202. The average Bonchev–Trinajstić information content (AvgIpc) is 3.36. The molecule has 206 valence electrons. The predicted molar refractivity (Wildman–Crippen MR) is 157 cm³/mol. The maximum atomic E-state index is 13.6. The van der Waals surface area contributed by atoms with Gasteiger partial charge in [0, 0.05) is 29.4 Å². The van der Waals surface area contributed by atoms with Crippen LogP contribution in [0.25, 0.3) is 23.0 Å². The zero-order valence-electron chi connectivity index (χ0n) is 23.9. The topological polar surface area (TPSA) is 88.2 Å². The molecule has 0 saturated carbocycles. The van der Waals surface area contributed by atoms with Crippen molar-refractivity contribution in [2.45, 2.75) is 53.9 Å². The molecule has 1 aliphatic rings. The van der Waals surface area contributed by atoms with E-state index in [-0.39, 0.29) is 18.0 Å². The van der Waals surface area contributed by atoms with Gasteiger partial charge in [-0.15, -0.1) is 0 Å². The minimum atomic E-state index is -0.522. The van der Waals surface area contributed by atoms with Gasteiger partial charge in [-0.2, -0.15) is 10.4 Å². The number of carbonyl (C=O) groups is 2. The first kappa shape index (κ1) is 28.6. The molecule has 1 aliphatic heterocycles. The number of hydrogen-bond acceptors (Lipinski definition) is 5. The molecule has 0 radical (unpaired) electrons. The standard InChI is InChI=1S/C33H36N4O3/c1-6-7-11-16-36-32(38)29(24(5)30(19-34)33(36)39)18-25-20-37(26-12-9-8-10-13-26)35-31(25)28-15-14-27(17-23(28)4)40-21-22(2)3/h8-10,12-15,17-18,20,22H,6-7,11,16,21H2,1-5H3/b29-18+. The molecule has 0 atom stereocenters. The summed E-state index contributed by atoms with van der Waals surface area (Å²) in [6, 6.07) is 17.7. The summed E-state index contributed by atoms with van der Waals surface area (Å²) in [5.41, 5.74) is 4.88. The van der Waals surface area contributed by atoms with E-state index in [0.29, 0.717) is 41.3 Å². The Morgan fingerprint density at radius 3 is 2.45 bits per heavy atom. The van der Waals surface area contributed by atoms with E-state index in [2.05, 4.69) is 20.8 Å². The number of amides is 2. The lowest BCUT2D eigenvalue weighted by molar-refractivity contribution is -0.140. The van der Waals surface area contributed by atoms with Crippen molar-refractivity contribution in [3.63, 3.8) is 0 Å². The zero-order chi connectivity index (χ0) is 28.8. The summed E-state index contributed by atoms with van der Waals surface area (Å²) in [6.07, 6.45) is 6.19. The van der Waals surface area contributed by atoms with E-state index in [1.54, 1.807) is 17.7 Å². The van der Waals surface area contributed by atoms with Crippen LogP contribution in [0, 0.1) is 24.2 Å². The molecule has 0 aliphatic carbocycles. The van der Waals surface area contributed by atoms with Crippen LogP contribution >= 0.6 is 0 Å². The van der Waals surface area contributed by atoms with Crippen molar-refractivity contribution in [1.82, 2.24) is 14.7 Å². The zero-order valence-corrected chi connectivity index (χ0v) is 23.9. The Balaban J connectivity index is 1.84. The number of para-hydroxylation sites is 1. The molecule has 2 heterocycles. The van der Waals surface area contributed by atoms with Crippen LogP contribution in [0.3, 0.4) is 0 Å². The quantitative estimate of drug-likeness (QED) is 0.164. The number of carbonyl (C=O) groups excluding carboxylic acids is 2. The molecule has 0 spiro atoms. The van der Waals surface area contributed by atoms with Crippen LogP contribution in [-0.4, -0.2) is 39.6 Å². The monoisotopic (exact) mass is 536 g/mol. The molecule has 2 aromatic carbocycles. The Morgan fingerprint density at radius 1 is 1.05 bits per heavy atom. The predicted octanol–water partition coefficient (Wildman–Crippen LogP) is 6.67. The first-order valence-electron chi connectivity index (χ1n) is 13.8. The van der Waals surface area contributed by atoms with E-state index < -0.39 is 5.91 Å². The lowest BCUT2D eigenvalue weighted by atomic mass is 9.92. The first-order valence-corrected chi connectivity index (χ1v) is 13.8. The molecule has 3 aromatic rings. The highest BCUT2D eigenvalue weighted by Crippen LogP contribution is 2.33. The summed E-state index contributed by atoms with van der Waals surface area (Å²) in [5, 5.41) is 14.7. The number of unbranched alkanes of at least 4 members (excludes halogenated alkanes) is 2. The van der Waals surface area contributed by atoms with Gasteiger partial charge in [-0.1, -0.05) is 51.8 Å². The Kier molecular flexibility index (Phi) is 9.00. The highest BCUT2D eigenvalue weighted by atomic mass is 16.5. The van der Waals surface area contributed by atoms with Gasteiger partial charge >= 0.3 is 0 Å². The van der Waals surface area contributed by atoms with E-state index in [1.165, 1.54) is 4.90 Å². The van der Waals surface area contributed by atoms with E-state index in [4.69, 9.17) is 9.84 Å². The number of nitrogens with zero attached hydrogens (tertiary/aromatic N) is 4. The smallest absolute Gasteiger partial charge is 0.271 e. The number of benzene rings is 2. The number of hydrogen-bond donors (Lipinski definition) is 0. The van der Waals surface area contributed by atoms with Crippen molar-refractivity contribution < 1.29 is 14.3 Å². The lowest BCUT2D eigenvalue weighted by Gasteiger charge is -2.27. The third-order valence-corrected chi connectivity index (χ3v) is 6.91. The fourth-order valence-corrected chi connectivity index (χ4v) is 4.68. The maximum Gasteiger partial charge on any atom is 0.271 e. The molecule has 4 rings (SSSR count). The highest BCUT2D eigenvalue weighted by Gasteiger charge is 2.35. The summed E-state index contributed by atoms with van der Waals surface area (Å²) < 4.78 is 7.71. The van der Waals surface area contributed by atoms with E-state index in [1.807, 2.05) is 67.7 Å². The summed E-state index contributed by atoms with van der Waals surface area (Å²) in [4.78, 5) is 27.8. The first-order chi connectivity index (χ1) is 19.2. The Bertz CT molecular complexity index is 1510. The van der Waals surface area contributed by atoms with Crippen molar-refractivity contribution in [2.24, 2.45) is 5.92 Å². The molecule has 1 aromatic heterocycles. The second kappa shape index (κ2) is 12.6. The van der Waals surface area contributed by atoms with Crippen LogP contribution in [0.1, 0.15) is 58.1 Å². The van der Waals surface area contributed by atoms with Gasteiger partial charge in [-0.05, 0) is 73.7 Å². The van der Waals surface area contributed by atoms with Crippen LogP contribution < -0.4 is 4.74 Å². The molecule has 7 heteroatoms. The fourth-order valence-electron chi connectivity index (χ4n) is 4.68. The SMILES string of the molecule is CCCCCN1C(=O)C(C#N)=C(C)/C(=C\c2cn(-c3ccccc3)nc2-c2ccc(OCC(C)C)cc2C)C1=O. The van der Waals surface area contributed by atoms with Gasteiger partial charge in [0.15, 0.2) is 0 Å². The maximum absolute atomic E-state index is 13.6. The number of nitriles is 1. The van der Waals surface area contributed by atoms with Crippen molar-refractivity contribution in [1.29, 1.82) is 5.26 Å². The van der Waals surface area contributed by atoms with Crippen LogP contribution in [0.15, 0.2) is 71.4 Å². The largest absolute Gasteiger partial charge is 0.493 e. The van der Waals surface area contributed by atoms with Gasteiger partial charge in [-0.3, -0.25) is 14.5 Å². The summed E-state index contributed by atoms with van der Waals surface area (Å²) >= 11 is 0. The molecule has 7 nitrogen and oxygen atoms in total. The molecule has 0 bridgehead atoms. The number of aryl methyl sites for hydroxylation is 1. The summed E-state index contributed by atoms with van der Waals surface area (Å²) in [7, 11) is 0. The van der Waals surface area contributed by atoms with Crippen molar-refractivity contribution in [3.05, 3.63) is 82.6 Å². The molecule has 0 N–H and O–H groups in total. The van der Waals surface area contributed by atoms with Gasteiger partial charge in [0.05, 0.1) is 12.3 Å². The van der Waals surface area contributed by atoms with Crippen LogP contribution in [0.2, 0.25) is 0 Å². The van der Waals surface area contributed by atoms with Gasteiger partial charge in [0.25, 0.3) is 11.8 Å². The Hall–Kier alpha value is -4.44. The molecule has 40 heavy (non-hydrogen) atoms. The van der Waals surface area contributed by atoms with Crippen LogP contribution in [-0.2, 0) is 9.59 Å². The third-order valence-electron chi connectivity index (χ3n) is 6.91. The fraction of sp³-hybridized carbons (Fsp3) is 0.333. The molecule has 0 saturated heterocycles. The van der Waals surface area contributed by atoms with Gasteiger partial charge in [0.2, 0.25) is 0 Å². The molecule has 0 fully saturated rings. The van der Waals surface area contributed by atoms with Gasteiger partial charge in [0.1, 0.15) is 23.1 Å². The molecule has 0 unspecified atom stereocenters. The molecular formula is C33H36N4O3. The van der Waals surface area contributed by atoms with Gasteiger partial charge in [-0.25, -0.2) is 4.68 Å². The number of imide groups is 1. The van der Waals surface area contributed by atoms with Crippen molar-refractivity contribution >= 4 is 17.9 Å². The highest BCUT2D eigenvalue weighted by molar-refractivity contribution is 6.19. The van der Waals surface area contributed by atoms with E-state index >= 15 is 0 Å². The van der Waals surface area contributed by atoms with Crippen LogP contribution in [0.4, 0.5) is 0 Å². The van der Waals surface area contributed by atoms with Crippen molar-refractivity contribution in [3.8, 4) is 28.8 Å². The number of aromatic nitrogens is 2. The second-order valence-corrected chi connectivity index (χ2v) is 10.5. The molecule has 2 amide bonds. The number of ether oxygens (including phenoxy) is 1. The Morgan fingerprint density at radius 2 is 1.80 bits per heavy atom.